The molecule has 1 fully saturated rings. The lowest BCUT2D eigenvalue weighted by Gasteiger charge is -2.00. The van der Waals surface area contributed by atoms with Crippen LogP contribution < -0.4 is 11.1 Å². The Morgan fingerprint density at radius 3 is 3.14 bits per heavy atom. The van der Waals surface area contributed by atoms with Gasteiger partial charge in [0.05, 0.1) is 0 Å². The molecule has 1 aliphatic rings. The largest absolute Gasteiger partial charge is 0.375 e. The molecule has 0 aromatic carbocycles. The van der Waals surface area contributed by atoms with Crippen molar-refractivity contribution in [1.29, 1.82) is 0 Å². The van der Waals surface area contributed by atoms with Gasteiger partial charge in [-0.3, -0.25) is 4.79 Å². The highest BCUT2D eigenvalue weighted by atomic mass is 32.1. The molecule has 0 spiro atoms. The molecular weight excluding hydrogens is 198 g/mol. The Bertz CT molecular complexity index is 350. The number of amides is 1. The fourth-order valence-electron chi connectivity index (χ4n) is 1.51. The Labute approximate surface area is 86.5 Å². The van der Waals surface area contributed by atoms with Gasteiger partial charge in [0, 0.05) is 11.4 Å². The van der Waals surface area contributed by atoms with Gasteiger partial charge in [0.1, 0.15) is 5.69 Å². The van der Waals surface area contributed by atoms with Crippen LogP contribution in [0.2, 0.25) is 0 Å². The summed E-state index contributed by atoms with van der Waals surface area (Å²) in [5.41, 5.74) is 5.88. The molecule has 1 aromatic rings. The normalized spacial score (nSPS) is 24.6. The molecule has 0 radical (unpaired) electrons. The summed E-state index contributed by atoms with van der Waals surface area (Å²) >= 11 is 1.29. The van der Waals surface area contributed by atoms with Gasteiger partial charge in [0.2, 0.25) is 0 Å². The predicted molar refractivity (Wildman–Crippen MR) is 56.2 cm³/mol. The molecule has 1 saturated carbocycles. The second kappa shape index (κ2) is 3.57. The predicted octanol–water partition coefficient (Wildman–Crippen LogP) is 1.25. The summed E-state index contributed by atoms with van der Waals surface area (Å²) in [6.45, 7) is 2.14. The van der Waals surface area contributed by atoms with Crippen molar-refractivity contribution >= 4 is 22.4 Å². The van der Waals surface area contributed by atoms with Gasteiger partial charge in [-0.25, -0.2) is 4.98 Å². The third-order valence-electron chi connectivity index (χ3n) is 2.52. The third-order valence-corrected chi connectivity index (χ3v) is 3.19. The Balaban J connectivity index is 1.91. The number of thiazole rings is 1. The van der Waals surface area contributed by atoms with Crippen LogP contribution in [0.5, 0.6) is 0 Å². The van der Waals surface area contributed by atoms with Crippen molar-refractivity contribution in [2.75, 3.05) is 5.73 Å². The molecule has 14 heavy (non-hydrogen) atoms. The number of carbonyl (C=O) groups excluding carboxylic acids is 1. The van der Waals surface area contributed by atoms with Crippen LogP contribution in [0.3, 0.4) is 0 Å². The molecule has 0 aliphatic heterocycles. The van der Waals surface area contributed by atoms with Crippen LogP contribution in [-0.4, -0.2) is 16.9 Å². The van der Waals surface area contributed by atoms with E-state index in [-0.39, 0.29) is 5.91 Å². The van der Waals surface area contributed by atoms with Crippen molar-refractivity contribution in [3.05, 3.63) is 11.1 Å². The van der Waals surface area contributed by atoms with E-state index in [1.165, 1.54) is 11.3 Å². The number of carbonyl (C=O) groups is 1. The molecule has 1 heterocycles. The van der Waals surface area contributed by atoms with E-state index in [1.54, 1.807) is 5.38 Å². The first-order valence-electron chi connectivity index (χ1n) is 4.72. The Morgan fingerprint density at radius 2 is 2.64 bits per heavy atom. The van der Waals surface area contributed by atoms with Crippen LogP contribution in [0.4, 0.5) is 5.13 Å². The maximum absolute atomic E-state index is 11.5. The van der Waals surface area contributed by atoms with E-state index in [2.05, 4.69) is 17.2 Å². The summed E-state index contributed by atoms with van der Waals surface area (Å²) in [4.78, 5) is 15.5. The van der Waals surface area contributed by atoms with Crippen LogP contribution >= 0.6 is 11.3 Å². The maximum Gasteiger partial charge on any atom is 0.271 e. The Morgan fingerprint density at radius 1 is 1.86 bits per heavy atom. The second-order valence-corrected chi connectivity index (χ2v) is 4.44. The van der Waals surface area contributed by atoms with Gasteiger partial charge in [-0.2, -0.15) is 0 Å². The van der Waals surface area contributed by atoms with Crippen molar-refractivity contribution in [3.8, 4) is 0 Å². The monoisotopic (exact) mass is 211 g/mol. The highest BCUT2D eigenvalue weighted by Crippen LogP contribution is 2.33. The average molecular weight is 211 g/mol. The third kappa shape index (κ3) is 1.87. The molecule has 1 aliphatic carbocycles. The van der Waals surface area contributed by atoms with Crippen molar-refractivity contribution in [1.82, 2.24) is 10.3 Å². The number of nitrogens with one attached hydrogen (secondary N) is 1. The molecule has 0 bridgehead atoms. The summed E-state index contributed by atoms with van der Waals surface area (Å²) in [5.74, 6) is 0.564. The zero-order chi connectivity index (χ0) is 10.1. The minimum atomic E-state index is -0.0982. The van der Waals surface area contributed by atoms with Crippen LogP contribution in [0.1, 0.15) is 30.3 Å². The van der Waals surface area contributed by atoms with E-state index < -0.39 is 0 Å². The van der Waals surface area contributed by atoms with E-state index in [4.69, 9.17) is 5.73 Å². The molecule has 2 rings (SSSR count). The molecule has 2 atom stereocenters. The van der Waals surface area contributed by atoms with E-state index in [0.29, 0.717) is 22.8 Å². The number of rotatable bonds is 3. The molecule has 4 nitrogen and oxygen atoms in total. The van der Waals surface area contributed by atoms with Crippen LogP contribution in [0, 0.1) is 5.92 Å². The number of aromatic nitrogens is 1. The second-order valence-electron chi connectivity index (χ2n) is 3.55. The van der Waals surface area contributed by atoms with E-state index in [9.17, 15) is 4.79 Å². The fraction of sp³-hybridized carbons (Fsp3) is 0.556. The first-order chi connectivity index (χ1) is 6.70. The topological polar surface area (TPSA) is 68.0 Å². The van der Waals surface area contributed by atoms with E-state index >= 15 is 0 Å². The van der Waals surface area contributed by atoms with Gasteiger partial charge >= 0.3 is 0 Å². The molecule has 1 aromatic heterocycles. The van der Waals surface area contributed by atoms with E-state index in [1.807, 2.05) is 0 Å². The van der Waals surface area contributed by atoms with Crippen molar-refractivity contribution in [2.24, 2.45) is 5.92 Å². The summed E-state index contributed by atoms with van der Waals surface area (Å²) < 4.78 is 0. The summed E-state index contributed by atoms with van der Waals surface area (Å²) in [6, 6.07) is 0.357. The van der Waals surface area contributed by atoms with Crippen LogP contribution in [0.15, 0.2) is 5.38 Å². The number of nitrogen functional groups attached to an aromatic ring is 1. The highest BCUT2D eigenvalue weighted by molar-refractivity contribution is 7.13. The smallest absolute Gasteiger partial charge is 0.271 e. The van der Waals surface area contributed by atoms with Gasteiger partial charge in [0.25, 0.3) is 5.91 Å². The number of nitrogens with two attached hydrogens (primary N) is 1. The number of hydrogen-bond acceptors (Lipinski definition) is 4. The highest BCUT2D eigenvalue weighted by Gasteiger charge is 2.36. The van der Waals surface area contributed by atoms with Crippen LogP contribution in [-0.2, 0) is 0 Å². The maximum atomic E-state index is 11.5. The lowest BCUT2D eigenvalue weighted by atomic mass is 10.3. The zero-order valence-electron chi connectivity index (χ0n) is 7.99. The minimum Gasteiger partial charge on any atom is -0.375 e. The molecule has 1 amide bonds. The van der Waals surface area contributed by atoms with Gasteiger partial charge < -0.3 is 11.1 Å². The molecular formula is C9H13N3OS. The molecule has 0 saturated heterocycles. The number of hydrogen-bond donors (Lipinski definition) is 2. The standard InChI is InChI=1S/C9H13N3OS/c1-2-5-3-6(5)11-8(13)7-4-14-9(10)12-7/h4-6H,2-3H2,1H3,(H2,10,12)(H,11,13). The molecule has 3 N–H and O–H groups in total. The average Bonchev–Trinajstić information content (AvgIpc) is 2.77. The van der Waals surface area contributed by atoms with Gasteiger partial charge in [-0.15, -0.1) is 11.3 Å². The van der Waals surface area contributed by atoms with Crippen LogP contribution in [0.25, 0.3) is 0 Å². The lowest BCUT2D eigenvalue weighted by molar-refractivity contribution is 0.0945. The van der Waals surface area contributed by atoms with Crippen molar-refractivity contribution < 1.29 is 4.79 Å². The molecule has 76 valence electrons. The van der Waals surface area contributed by atoms with Gasteiger partial charge in [-0.1, -0.05) is 13.3 Å². The quantitative estimate of drug-likeness (QED) is 0.790. The SMILES string of the molecule is CCC1CC1NC(=O)c1csc(N)n1. The zero-order valence-corrected chi connectivity index (χ0v) is 8.80. The molecule has 5 heteroatoms. The summed E-state index contributed by atoms with van der Waals surface area (Å²) in [5, 5.41) is 5.07. The first kappa shape index (κ1) is 9.45. The minimum absolute atomic E-state index is 0.0982. The Hall–Kier alpha value is -1.10. The number of nitrogens with zero attached hydrogens (tertiary/aromatic N) is 1. The summed E-state index contributed by atoms with van der Waals surface area (Å²) in [7, 11) is 0. The Kier molecular flexibility index (Phi) is 2.41. The molecule has 2 unspecified atom stereocenters. The van der Waals surface area contributed by atoms with Crippen molar-refractivity contribution in [3.63, 3.8) is 0 Å². The van der Waals surface area contributed by atoms with E-state index in [0.717, 1.165) is 12.8 Å². The van der Waals surface area contributed by atoms with Crippen molar-refractivity contribution in [2.45, 2.75) is 25.8 Å². The van der Waals surface area contributed by atoms with Gasteiger partial charge in [0.15, 0.2) is 5.13 Å². The fourth-order valence-corrected chi connectivity index (χ4v) is 2.05. The van der Waals surface area contributed by atoms with Gasteiger partial charge in [-0.05, 0) is 12.3 Å². The first-order valence-corrected chi connectivity index (χ1v) is 5.60. The lowest BCUT2D eigenvalue weighted by Crippen LogP contribution is -2.27. The summed E-state index contributed by atoms with van der Waals surface area (Å²) in [6.07, 6.45) is 2.23. The number of anilines is 1.